The SMILES string of the molecule is CC(C)[C@]12C[C@@H]3CC[C@@H](O3)[C@H]1C2. The number of hydrogen-bond acceptors (Lipinski definition) is 1. The van der Waals surface area contributed by atoms with Crippen molar-refractivity contribution >= 4 is 0 Å². The third-order valence-corrected chi connectivity index (χ3v) is 4.53. The molecule has 3 aliphatic rings. The zero-order chi connectivity index (χ0) is 8.34. The first-order valence-electron chi connectivity index (χ1n) is 5.38. The van der Waals surface area contributed by atoms with Crippen molar-refractivity contribution in [2.45, 2.75) is 51.7 Å². The largest absolute Gasteiger partial charge is 0.375 e. The molecule has 3 fully saturated rings. The molecule has 0 aromatic heterocycles. The second-order valence-corrected chi connectivity index (χ2v) is 5.28. The Bertz CT molecular complexity index is 211. The zero-order valence-corrected chi connectivity index (χ0v) is 8.05. The average molecular weight is 166 g/mol. The van der Waals surface area contributed by atoms with Crippen molar-refractivity contribution in [1.82, 2.24) is 0 Å². The molecule has 2 bridgehead atoms. The van der Waals surface area contributed by atoms with Gasteiger partial charge in [0.1, 0.15) is 0 Å². The van der Waals surface area contributed by atoms with Gasteiger partial charge in [-0.05, 0) is 42.9 Å². The summed E-state index contributed by atoms with van der Waals surface area (Å²) in [5.74, 6) is 1.82. The van der Waals surface area contributed by atoms with Crippen LogP contribution in [-0.4, -0.2) is 12.2 Å². The van der Waals surface area contributed by atoms with Gasteiger partial charge < -0.3 is 4.74 Å². The fourth-order valence-electron chi connectivity index (χ4n) is 3.59. The minimum atomic E-state index is 0.635. The lowest BCUT2D eigenvalue weighted by Crippen LogP contribution is -2.29. The van der Waals surface area contributed by atoms with E-state index in [4.69, 9.17) is 4.74 Å². The van der Waals surface area contributed by atoms with Crippen LogP contribution in [0.15, 0.2) is 0 Å². The van der Waals surface area contributed by atoms with Crippen molar-refractivity contribution < 1.29 is 4.74 Å². The van der Waals surface area contributed by atoms with Crippen LogP contribution in [0, 0.1) is 17.3 Å². The van der Waals surface area contributed by atoms with Gasteiger partial charge in [0, 0.05) is 0 Å². The third-order valence-electron chi connectivity index (χ3n) is 4.53. The molecular formula is C11H18O. The van der Waals surface area contributed by atoms with Crippen LogP contribution in [0.3, 0.4) is 0 Å². The van der Waals surface area contributed by atoms with Crippen molar-refractivity contribution in [3.8, 4) is 0 Å². The summed E-state index contributed by atoms with van der Waals surface area (Å²) in [5, 5.41) is 0. The van der Waals surface area contributed by atoms with Crippen LogP contribution >= 0.6 is 0 Å². The Morgan fingerprint density at radius 2 is 2.08 bits per heavy atom. The van der Waals surface area contributed by atoms with Crippen LogP contribution in [0.5, 0.6) is 0 Å². The van der Waals surface area contributed by atoms with E-state index in [2.05, 4.69) is 13.8 Å². The van der Waals surface area contributed by atoms with Crippen LogP contribution in [0.1, 0.15) is 39.5 Å². The first kappa shape index (κ1) is 7.37. The highest BCUT2D eigenvalue weighted by molar-refractivity contribution is 5.13. The molecule has 2 aliphatic heterocycles. The lowest BCUT2D eigenvalue weighted by molar-refractivity contribution is -0.0338. The summed E-state index contributed by atoms with van der Waals surface area (Å²) in [4.78, 5) is 0. The molecule has 12 heavy (non-hydrogen) atoms. The Balaban J connectivity index is 1.87. The average Bonchev–Trinajstić information content (AvgIpc) is 2.63. The van der Waals surface area contributed by atoms with Gasteiger partial charge in [0.15, 0.2) is 0 Å². The zero-order valence-electron chi connectivity index (χ0n) is 8.05. The number of hydrogen-bond donors (Lipinski definition) is 0. The second-order valence-electron chi connectivity index (χ2n) is 5.28. The van der Waals surface area contributed by atoms with Gasteiger partial charge in [0.25, 0.3) is 0 Å². The summed E-state index contributed by atoms with van der Waals surface area (Å²) in [6.45, 7) is 4.79. The van der Waals surface area contributed by atoms with E-state index in [0.717, 1.165) is 17.3 Å². The number of ether oxygens (including phenoxy) is 1. The van der Waals surface area contributed by atoms with Crippen LogP contribution in [0.4, 0.5) is 0 Å². The van der Waals surface area contributed by atoms with Crippen LogP contribution in [-0.2, 0) is 4.74 Å². The monoisotopic (exact) mass is 166 g/mol. The molecule has 0 aromatic rings. The molecule has 0 aromatic carbocycles. The smallest absolute Gasteiger partial charge is 0.0613 e. The highest BCUT2D eigenvalue weighted by Crippen LogP contribution is 2.68. The molecular weight excluding hydrogens is 148 g/mol. The summed E-state index contributed by atoms with van der Waals surface area (Å²) in [6, 6.07) is 0. The second kappa shape index (κ2) is 2.06. The van der Waals surface area contributed by atoms with Gasteiger partial charge in [-0.3, -0.25) is 0 Å². The van der Waals surface area contributed by atoms with E-state index in [1.807, 2.05) is 0 Å². The molecule has 1 nitrogen and oxygen atoms in total. The minimum absolute atomic E-state index is 0.635. The van der Waals surface area contributed by atoms with Crippen molar-refractivity contribution in [3.63, 3.8) is 0 Å². The predicted molar refractivity (Wildman–Crippen MR) is 47.9 cm³/mol. The van der Waals surface area contributed by atoms with E-state index in [1.165, 1.54) is 25.7 Å². The van der Waals surface area contributed by atoms with Gasteiger partial charge in [0.05, 0.1) is 12.2 Å². The summed E-state index contributed by atoms with van der Waals surface area (Å²) in [5.41, 5.74) is 0.726. The molecule has 68 valence electrons. The van der Waals surface area contributed by atoms with Crippen LogP contribution < -0.4 is 0 Å². The van der Waals surface area contributed by atoms with Gasteiger partial charge in [-0.2, -0.15) is 0 Å². The summed E-state index contributed by atoms with van der Waals surface area (Å²) < 4.78 is 5.93. The maximum Gasteiger partial charge on any atom is 0.0613 e. The molecule has 1 heteroatoms. The standard InChI is InChI=1S/C11H18O/c1-7(2)11-5-8-3-4-10(12-8)9(11)6-11/h7-10H,3-6H2,1-2H3/t8-,9+,10+,11+/m0/s1. The van der Waals surface area contributed by atoms with E-state index in [1.54, 1.807) is 0 Å². The predicted octanol–water partition coefficient (Wildman–Crippen LogP) is 2.60. The first-order valence-corrected chi connectivity index (χ1v) is 5.38. The summed E-state index contributed by atoms with van der Waals surface area (Å²) >= 11 is 0. The normalized spacial score (nSPS) is 55.8. The molecule has 4 atom stereocenters. The fourth-order valence-corrected chi connectivity index (χ4v) is 3.59. The highest BCUT2D eigenvalue weighted by atomic mass is 16.5. The van der Waals surface area contributed by atoms with Crippen molar-refractivity contribution in [2.75, 3.05) is 0 Å². The van der Waals surface area contributed by atoms with Gasteiger partial charge >= 0.3 is 0 Å². The number of rotatable bonds is 1. The van der Waals surface area contributed by atoms with Crippen molar-refractivity contribution in [2.24, 2.45) is 17.3 Å². The maximum atomic E-state index is 5.93. The molecule has 2 heterocycles. The molecule has 2 saturated heterocycles. The number of fused-ring (bicyclic) bond motifs is 4. The Morgan fingerprint density at radius 1 is 1.25 bits per heavy atom. The van der Waals surface area contributed by atoms with Crippen molar-refractivity contribution in [1.29, 1.82) is 0 Å². The molecule has 3 rings (SSSR count). The Hall–Kier alpha value is -0.0400. The van der Waals surface area contributed by atoms with Gasteiger partial charge in [0.2, 0.25) is 0 Å². The highest BCUT2D eigenvalue weighted by Gasteiger charge is 2.64. The quantitative estimate of drug-likeness (QED) is 0.582. The molecule has 0 spiro atoms. The van der Waals surface area contributed by atoms with Crippen LogP contribution in [0.25, 0.3) is 0 Å². The molecule has 1 saturated carbocycles. The Kier molecular flexibility index (Phi) is 1.27. The minimum Gasteiger partial charge on any atom is -0.375 e. The first-order chi connectivity index (χ1) is 5.72. The summed E-state index contributed by atoms with van der Waals surface area (Å²) in [6.07, 6.45) is 6.82. The third kappa shape index (κ3) is 0.736. The molecule has 0 radical (unpaired) electrons. The van der Waals surface area contributed by atoms with Crippen LogP contribution in [0.2, 0.25) is 0 Å². The Morgan fingerprint density at radius 3 is 2.83 bits per heavy atom. The van der Waals surface area contributed by atoms with E-state index in [0.29, 0.717) is 12.2 Å². The summed E-state index contributed by atoms with van der Waals surface area (Å²) in [7, 11) is 0. The topological polar surface area (TPSA) is 9.23 Å². The van der Waals surface area contributed by atoms with Gasteiger partial charge in [-0.15, -0.1) is 0 Å². The lowest BCUT2D eigenvalue weighted by atomic mass is 9.83. The van der Waals surface area contributed by atoms with E-state index in [9.17, 15) is 0 Å². The van der Waals surface area contributed by atoms with E-state index in [-0.39, 0.29) is 0 Å². The van der Waals surface area contributed by atoms with Crippen molar-refractivity contribution in [3.05, 3.63) is 0 Å². The maximum absolute atomic E-state index is 5.93. The fraction of sp³-hybridized carbons (Fsp3) is 1.00. The van der Waals surface area contributed by atoms with E-state index >= 15 is 0 Å². The van der Waals surface area contributed by atoms with E-state index < -0.39 is 0 Å². The molecule has 0 N–H and O–H groups in total. The Labute approximate surface area is 74.5 Å². The van der Waals surface area contributed by atoms with Gasteiger partial charge in [-0.1, -0.05) is 13.8 Å². The lowest BCUT2D eigenvalue weighted by Gasteiger charge is -2.30. The molecule has 0 amide bonds. The van der Waals surface area contributed by atoms with Gasteiger partial charge in [-0.25, -0.2) is 0 Å². The molecule has 1 aliphatic carbocycles. The molecule has 0 unspecified atom stereocenters.